The summed E-state index contributed by atoms with van der Waals surface area (Å²) in [6.07, 6.45) is 1.90. The first-order valence-electron chi connectivity index (χ1n) is 10.1. The van der Waals surface area contributed by atoms with Gasteiger partial charge < -0.3 is 15.1 Å². The van der Waals surface area contributed by atoms with Gasteiger partial charge in [-0.05, 0) is 24.1 Å². The smallest absolute Gasteiger partial charge is 0.138 e. The summed E-state index contributed by atoms with van der Waals surface area (Å²) in [4.78, 5) is 12.9. The van der Waals surface area contributed by atoms with Crippen molar-refractivity contribution in [3.63, 3.8) is 0 Å². The molecule has 0 aliphatic carbocycles. The first-order valence-corrected chi connectivity index (χ1v) is 11.2. The fraction of sp³-hybridized carbons (Fsp3) is 0.476. The van der Waals surface area contributed by atoms with Crippen molar-refractivity contribution < 1.29 is 4.21 Å². The Labute approximate surface area is 169 Å². The highest BCUT2D eigenvalue weighted by Crippen LogP contribution is 2.37. The monoisotopic (exact) mass is 397 g/mol. The predicted molar refractivity (Wildman–Crippen MR) is 115 cm³/mol. The van der Waals surface area contributed by atoms with Gasteiger partial charge in [0, 0.05) is 75.1 Å². The van der Waals surface area contributed by atoms with E-state index >= 15 is 0 Å². The van der Waals surface area contributed by atoms with Crippen LogP contribution in [0.5, 0.6) is 0 Å². The second-order valence-electron chi connectivity index (χ2n) is 7.89. The molecule has 1 aromatic rings. The number of hydrogen-bond acceptors (Lipinski definition) is 6. The van der Waals surface area contributed by atoms with E-state index in [1.54, 1.807) is 0 Å². The van der Waals surface area contributed by atoms with E-state index in [4.69, 9.17) is 0 Å². The minimum absolute atomic E-state index is 0.746. The number of hydrogen-bond donors (Lipinski definition) is 1. The molecule has 0 amide bonds. The number of aryl methyl sites for hydroxylation is 1. The molecule has 1 N–H and O–H groups in total. The molecule has 4 aliphatic heterocycles. The summed E-state index contributed by atoms with van der Waals surface area (Å²) < 4.78 is 12.5. The van der Waals surface area contributed by atoms with Crippen molar-refractivity contribution in [2.24, 2.45) is 4.99 Å². The molecule has 0 bridgehead atoms. The van der Waals surface area contributed by atoms with Gasteiger partial charge in [-0.25, -0.2) is 9.20 Å². The fourth-order valence-corrected chi connectivity index (χ4v) is 5.96. The number of benzene rings is 1. The third-order valence-corrected chi connectivity index (χ3v) is 7.72. The molecule has 4 aliphatic rings. The van der Waals surface area contributed by atoms with Crippen LogP contribution < -0.4 is 10.2 Å². The highest BCUT2D eigenvalue weighted by molar-refractivity contribution is 7.93. The lowest BCUT2D eigenvalue weighted by Crippen LogP contribution is -2.48. The molecule has 28 heavy (non-hydrogen) atoms. The van der Waals surface area contributed by atoms with Crippen LogP contribution in [0.15, 0.2) is 50.3 Å². The summed E-state index contributed by atoms with van der Waals surface area (Å²) >= 11 is 0. The minimum Gasteiger partial charge on any atom is -0.369 e. The zero-order chi connectivity index (χ0) is 19.1. The molecule has 0 aromatic heterocycles. The van der Waals surface area contributed by atoms with E-state index in [0.29, 0.717) is 0 Å². The SMILES string of the molecule is Cc1ccccc1N1CCN(CCN2C=NC3=C(C2)C2=C(CNC2)S3=O)CC1. The molecular formula is C21H27N5OS. The Morgan fingerprint density at radius 2 is 1.89 bits per heavy atom. The number of rotatable bonds is 4. The standard InChI is InChI=1S/C21H27N5OS/c1-16-4-2-3-5-19(16)26-10-8-24(9-11-26)6-7-25-14-18-17-12-22-13-20(17)28(27)21(18)23-15-25/h2-5,15,22H,6-14H2,1H3. The second kappa shape index (κ2) is 7.46. The minimum atomic E-state index is -1.04. The van der Waals surface area contributed by atoms with Gasteiger partial charge >= 0.3 is 0 Å². The van der Waals surface area contributed by atoms with Gasteiger partial charge in [-0.1, -0.05) is 18.2 Å². The highest BCUT2D eigenvalue weighted by Gasteiger charge is 2.35. The number of nitrogens with zero attached hydrogens (tertiary/aromatic N) is 4. The summed E-state index contributed by atoms with van der Waals surface area (Å²) in [7, 11) is -1.04. The van der Waals surface area contributed by atoms with Crippen LogP contribution in [0, 0.1) is 6.92 Å². The molecule has 1 aromatic carbocycles. The molecule has 4 heterocycles. The molecule has 0 saturated carbocycles. The van der Waals surface area contributed by atoms with Crippen molar-refractivity contribution in [3.05, 3.63) is 50.9 Å². The summed E-state index contributed by atoms with van der Waals surface area (Å²) in [5.74, 6) is 0. The largest absolute Gasteiger partial charge is 0.369 e. The predicted octanol–water partition coefficient (Wildman–Crippen LogP) is 1.29. The van der Waals surface area contributed by atoms with Crippen LogP contribution in [-0.2, 0) is 10.8 Å². The Morgan fingerprint density at radius 1 is 1.07 bits per heavy atom. The van der Waals surface area contributed by atoms with E-state index in [9.17, 15) is 4.21 Å². The van der Waals surface area contributed by atoms with Crippen molar-refractivity contribution in [1.82, 2.24) is 15.1 Å². The van der Waals surface area contributed by atoms with Crippen LogP contribution in [0.4, 0.5) is 5.69 Å². The van der Waals surface area contributed by atoms with Gasteiger partial charge in [0.15, 0.2) is 0 Å². The lowest BCUT2D eigenvalue weighted by Gasteiger charge is -2.37. The molecule has 6 nitrogen and oxygen atoms in total. The molecule has 1 fully saturated rings. The first-order chi connectivity index (χ1) is 13.7. The Bertz CT molecular complexity index is 898. The van der Waals surface area contributed by atoms with Gasteiger partial charge in [0.1, 0.15) is 15.8 Å². The summed E-state index contributed by atoms with van der Waals surface area (Å²) in [5, 5.41) is 4.12. The summed E-state index contributed by atoms with van der Waals surface area (Å²) in [6, 6.07) is 8.66. The van der Waals surface area contributed by atoms with Gasteiger partial charge in [0.25, 0.3) is 0 Å². The summed E-state index contributed by atoms with van der Waals surface area (Å²) in [6.45, 7) is 11.0. The van der Waals surface area contributed by atoms with Gasteiger partial charge in [-0.2, -0.15) is 0 Å². The first kappa shape index (κ1) is 18.1. The number of aliphatic imine (C=N–C) groups is 1. The lowest BCUT2D eigenvalue weighted by molar-refractivity contribution is 0.238. The van der Waals surface area contributed by atoms with Crippen molar-refractivity contribution in [3.8, 4) is 0 Å². The van der Waals surface area contributed by atoms with E-state index in [1.165, 1.54) is 22.4 Å². The van der Waals surface area contributed by atoms with Crippen molar-refractivity contribution in [2.75, 3.05) is 63.8 Å². The lowest BCUT2D eigenvalue weighted by atomic mass is 10.1. The maximum Gasteiger partial charge on any atom is 0.138 e. The molecule has 0 radical (unpaired) electrons. The zero-order valence-electron chi connectivity index (χ0n) is 16.4. The Kier molecular flexibility index (Phi) is 4.82. The van der Waals surface area contributed by atoms with Crippen LogP contribution >= 0.6 is 0 Å². The Balaban J connectivity index is 1.14. The number of anilines is 1. The van der Waals surface area contributed by atoms with Gasteiger partial charge in [-0.15, -0.1) is 0 Å². The van der Waals surface area contributed by atoms with Crippen molar-refractivity contribution in [1.29, 1.82) is 0 Å². The van der Waals surface area contributed by atoms with E-state index in [0.717, 1.165) is 68.8 Å². The summed E-state index contributed by atoms with van der Waals surface area (Å²) in [5.41, 5.74) is 5.18. The van der Waals surface area contributed by atoms with Crippen molar-refractivity contribution >= 4 is 22.8 Å². The van der Waals surface area contributed by atoms with Crippen LogP contribution in [0.25, 0.3) is 0 Å². The quantitative estimate of drug-likeness (QED) is 0.830. The van der Waals surface area contributed by atoms with Crippen LogP contribution in [0.1, 0.15) is 5.56 Å². The molecule has 7 heteroatoms. The topological polar surface area (TPSA) is 51.2 Å². The van der Waals surface area contributed by atoms with E-state index in [-0.39, 0.29) is 0 Å². The Morgan fingerprint density at radius 3 is 2.71 bits per heavy atom. The molecule has 0 spiro atoms. The normalized spacial score (nSPS) is 25.0. The number of piperazine rings is 1. The molecule has 5 rings (SSSR count). The Hall–Kier alpha value is -1.96. The maximum atomic E-state index is 12.5. The van der Waals surface area contributed by atoms with Crippen LogP contribution in [-0.4, -0.2) is 79.3 Å². The van der Waals surface area contributed by atoms with Crippen molar-refractivity contribution in [2.45, 2.75) is 6.92 Å². The van der Waals surface area contributed by atoms with E-state index in [2.05, 4.69) is 56.2 Å². The average Bonchev–Trinajstić information content (AvgIpc) is 3.31. The zero-order valence-corrected chi connectivity index (χ0v) is 17.2. The average molecular weight is 398 g/mol. The number of para-hydroxylation sites is 1. The van der Waals surface area contributed by atoms with Crippen LogP contribution in [0.3, 0.4) is 0 Å². The van der Waals surface area contributed by atoms with Gasteiger partial charge in [-0.3, -0.25) is 4.90 Å². The van der Waals surface area contributed by atoms with Crippen LogP contribution in [0.2, 0.25) is 0 Å². The highest BCUT2D eigenvalue weighted by atomic mass is 32.2. The number of nitrogens with one attached hydrogen (secondary N) is 1. The molecular weight excluding hydrogens is 370 g/mol. The fourth-order valence-electron chi connectivity index (χ4n) is 4.52. The third kappa shape index (κ3) is 3.21. The van der Waals surface area contributed by atoms with E-state index < -0.39 is 10.8 Å². The molecule has 1 atom stereocenters. The third-order valence-electron chi connectivity index (χ3n) is 6.18. The molecule has 1 saturated heterocycles. The second-order valence-corrected chi connectivity index (χ2v) is 9.30. The molecule has 148 valence electrons. The maximum absolute atomic E-state index is 12.5. The molecule has 1 unspecified atom stereocenters. The van der Waals surface area contributed by atoms with Gasteiger partial charge in [0.05, 0.1) is 6.34 Å². The number of fused-ring (bicyclic) bond motifs is 1. The van der Waals surface area contributed by atoms with Gasteiger partial charge in [0.2, 0.25) is 0 Å². The van der Waals surface area contributed by atoms with E-state index in [1.807, 2.05) is 6.34 Å².